The van der Waals surface area contributed by atoms with E-state index in [1.54, 1.807) is 4.90 Å². The lowest BCUT2D eigenvalue weighted by molar-refractivity contribution is -0.121. The average Bonchev–Trinajstić information content (AvgIpc) is 2.56. The molecule has 0 saturated carbocycles. The number of aryl methyl sites for hydroxylation is 1. The van der Waals surface area contributed by atoms with Crippen LogP contribution in [0.3, 0.4) is 0 Å². The molecule has 0 spiro atoms. The minimum absolute atomic E-state index is 0.0623. The second-order valence-electron chi connectivity index (χ2n) is 5.66. The summed E-state index contributed by atoms with van der Waals surface area (Å²) in [4.78, 5) is 18.2. The number of amides is 1. The van der Waals surface area contributed by atoms with Gasteiger partial charge in [-0.15, -0.1) is 0 Å². The molecular weight excluding hydrogens is 372 g/mol. The van der Waals surface area contributed by atoms with Crippen molar-refractivity contribution in [3.8, 4) is 11.5 Å². The first-order valence-electron chi connectivity index (χ1n) is 7.92. The first-order valence-corrected chi connectivity index (χ1v) is 8.72. The number of carbonyl (C=O) groups is 1. The van der Waals surface area contributed by atoms with Crippen molar-refractivity contribution in [3.05, 3.63) is 46.6 Å². The minimum Gasteiger partial charge on any atom is -0.494 e. The Morgan fingerprint density at radius 1 is 1.29 bits per heavy atom. The number of aromatic nitrogens is 1. The molecule has 5 nitrogen and oxygen atoms in total. The standard InChI is InChI=1S/C18H19BrN2O3/c1-13-5-4-6-14(11-13)23-10-3-2-9-21-17(22)12-24-15-7-8-16(19)20-18(15)21/h4-8,11H,2-3,9-10,12H2,1H3. The van der Waals surface area contributed by atoms with Gasteiger partial charge in [0, 0.05) is 6.54 Å². The number of rotatable bonds is 6. The highest BCUT2D eigenvalue weighted by Crippen LogP contribution is 2.31. The van der Waals surface area contributed by atoms with E-state index in [1.165, 1.54) is 5.56 Å². The predicted molar refractivity (Wildman–Crippen MR) is 95.7 cm³/mol. The fraction of sp³-hybridized carbons (Fsp3) is 0.333. The number of benzene rings is 1. The predicted octanol–water partition coefficient (Wildman–Crippen LogP) is 3.74. The molecule has 3 rings (SSSR count). The van der Waals surface area contributed by atoms with Crippen LogP contribution in [0.4, 0.5) is 5.82 Å². The Hall–Kier alpha value is -2.08. The number of ether oxygens (including phenoxy) is 2. The Kier molecular flexibility index (Phi) is 5.35. The lowest BCUT2D eigenvalue weighted by atomic mass is 10.2. The van der Waals surface area contributed by atoms with Crippen LogP contribution in [0.25, 0.3) is 0 Å². The summed E-state index contributed by atoms with van der Waals surface area (Å²) in [5.41, 5.74) is 1.18. The van der Waals surface area contributed by atoms with Gasteiger partial charge >= 0.3 is 0 Å². The molecule has 0 saturated heterocycles. The number of carbonyl (C=O) groups excluding carboxylic acids is 1. The summed E-state index contributed by atoms with van der Waals surface area (Å²) < 4.78 is 11.8. The highest BCUT2D eigenvalue weighted by molar-refractivity contribution is 9.10. The molecular formula is C18H19BrN2O3. The molecule has 6 heteroatoms. The number of hydrogen-bond acceptors (Lipinski definition) is 4. The van der Waals surface area contributed by atoms with E-state index in [0.29, 0.717) is 29.3 Å². The van der Waals surface area contributed by atoms with Crippen molar-refractivity contribution in [1.29, 1.82) is 0 Å². The minimum atomic E-state index is -0.0623. The molecule has 1 aromatic heterocycles. The average molecular weight is 391 g/mol. The molecule has 0 bridgehead atoms. The summed E-state index contributed by atoms with van der Waals surface area (Å²) in [5, 5.41) is 0. The second kappa shape index (κ2) is 7.66. The summed E-state index contributed by atoms with van der Waals surface area (Å²) in [6, 6.07) is 11.6. The zero-order valence-electron chi connectivity index (χ0n) is 13.5. The van der Waals surface area contributed by atoms with Gasteiger partial charge in [-0.05, 0) is 65.5 Å². The Balaban J connectivity index is 1.51. The molecule has 1 aliphatic heterocycles. The van der Waals surface area contributed by atoms with E-state index in [0.717, 1.165) is 18.6 Å². The van der Waals surface area contributed by atoms with E-state index in [-0.39, 0.29) is 12.5 Å². The van der Waals surface area contributed by atoms with Crippen LogP contribution in [0.1, 0.15) is 18.4 Å². The van der Waals surface area contributed by atoms with Crippen LogP contribution in [0, 0.1) is 6.92 Å². The second-order valence-corrected chi connectivity index (χ2v) is 6.47. The van der Waals surface area contributed by atoms with Crippen molar-refractivity contribution in [2.24, 2.45) is 0 Å². The summed E-state index contributed by atoms with van der Waals surface area (Å²) in [7, 11) is 0. The van der Waals surface area contributed by atoms with Gasteiger partial charge in [0.15, 0.2) is 18.2 Å². The number of pyridine rings is 1. The topological polar surface area (TPSA) is 51.7 Å². The lowest BCUT2D eigenvalue weighted by Gasteiger charge is -2.28. The van der Waals surface area contributed by atoms with Crippen molar-refractivity contribution in [2.75, 3.05) is 24.7 Å². The number of halogens is 1. The number of hydrogen-bond donors (Lipinski definition) is 0. The molecule has 24 heavy (non-hydrogen) atoms. The quantitative estimate of drug-likeness (QED) is 0.556. The Morgan fingerprint density at radius 3 is 3.00 bits per heavy atom. The van der Waals surface area contributed by atoms with Crippen LogP contribution >= 0.6 is 15.9 Å². The van der Waals surface area contributed by atoms with E-state index in [1.807, 2.05) is 43.3 Å². The van der Waals surface area contributed by atoms with Crippen LogP contribution in [-0.2, 0) is 4.79 Å². The molecule has 2 heterocycles. The Labute approximate surface area is 149 Å². The third-order valence-corrected chi connectivity index (χ3v) is 4.19. The monoisotopic (exact) mass is 390 g/mol. The fourth-order valence-electron chi connectivity index (χ4n) is 2.55. The van der Waals surface area contributed by atoms with Gasteiger partial charge in [-0.1, -0.05) is 12.1 Å². The van der Waals surface area contributed by atoms with Gasteiger partial charge in [-0.2, -0.15) is 0 Å². The third kappa shape index (κ3) is 4.06. The Bertz CT molecular complexity index is 736. The highest BCUT2D eigenvalue weighted by atomic mass is 79.9. The zero-order valence-corrected chi connectivity index (χ0v) is 15.1. The third-order valence-electron chi connectivity index (χ3n) is 3.75. The maximum absolute atomic E-state index is 12.1. The van der Waals surface area contributed by atoms with Crippen molar-refractivity contribution in [2.45, 2.75) is 19.8 Å². The summed E-state index contributed by atoms with van der Waals surface area (Å²) in [6.07, 6.45) is 1.70. The van der Waals surface area contributed by atoms with Crippen molar-refractivity contribution < 1.29 is 14.3 Å². The molecule has 1 amide bonds. The summed E-state index contributed by atoms with van der Waals surface area (Å²) >= 11 is 3.34. The smallest absolute Gasteiger partial charge is 0.266 e. The van der Waals surface area contributed by atoms with Crippen molar-refractivity contribution in [1.82, 2.24) is 4.98 Å². The fourth-order valence-corrected chi connectivity index (χ4v) is 2.85. The van der Waals surface area contributed by atoms with Gasteiger partial charge in [-0.3, -0.25) is 9.69 Å². The molecule has 2 aromatic rings. The van der Waals surface area contributed by atoms with E-state index < -0.39 is 0 Å². The van der Waals surface area contributed by atoms with Crippen LogP contribution < -0.4 is 14.4 Å². The van der Waals surface area contributed by atoms with Gasteiger partial charge in [0.25, 0.3) is 5.91 Å². The first-order chi connectivity index (χ1) is 11.6. The van der Waals surface area contributed by atoms with Gasteiger partial charge in [0.05, 0.1) is 6.61 Å². The highest BCUT2D eigenvalue weighted by Gasteiger charge is 2.26. The van der Waals surface area contributed by atoms with Gasteiger partial charge < -0.3 is 9.47 Å². The molecule has 0 N–H and O–H groups in total. The normalized spacial score (nSPS) is 13.4. The molecule has 126 valence electrons. The van der Waals surface area contributed by atoms with E-state index >= 15 is 0 Å². The molecule has 0 radical (unpaired) electrons. The lowest BCUT2D eigenvalue weighted by Crippen LogP contribution is -2.40. The van der Waals surface area contributed by atoms with E-state index in [9.17, 15) is 4.79 Å². The number of nitrogens with zero attached hydrogens (tertiary/aromatic N) is 2. The van der Waals surface area contributed by atoms with Crippen molar-refractivity contribution in [3.63, 3.8) is 0 Å². The largest absolute Gasteiger partial charge is 0.494 e. The van der Waals surface area contributed by atoms with Gasteiger partial charge in [0.2, 0.25) is 0 Å². The number of anilines is 1. The zero-order chi connectivity index (χ0) is 16.9. The van der Waals surface area contributed by atoms with E-state index in [4.69, 9.17) is 9.47 Å². The first kappa shape index (κ1) is 16.8. The molecule has 0 aliphatic carbocycles. The Morgan fingerprint density at radius 2 is 2.17 bits per heavy atom. The molecule has 0 atom stereocenters. The van der Waals surface area contributed by atoms with Crippen LogP contribution in [0.5, 0.6) is 11.5 Å². The van der Waals surface area contributed by atoms with Gasteiger partial charge in [-0.25, -0.2) is 4.98 Å². The SMILES string of the molecule is Cc1cccc(OCCCCN2C(=O)COc3ccc(Br)nc32)c1. The summed E-state index contributed by atoms with van der Waals surface area (Å²) in [6.45, 7) is 3.34. The number of fused-ring (bicyclic) bond motifs is 1. The molecule has 1 aliphatic rings. The maximum atomic E-state index is 12.1. The van der Waals surface area contributed by atoms with Gasteiger partial charge in [0.1, 0.15) is 10.4 Å². The molecule has 0 fully saturated rings. The number of unbranched alkanes of at least 4 members (excludes halogenated alkanes) is 1. The van der Waals surface area contributed by atoms with Crippen LogP contribution in [0.2, 0.25) is 0 Å². The van der Waals surface area contributed by atoms with Crippen LogP contribution in [-0.4, -0.2) is 30.6 Å². The molecule has 0 unspecified atom stereocenters. The summed E-state index contributed by atoms with van der Waals surface area (Å²) in [5.74, 6) is 2.05. The maximum Gasteiger partial charge on any atom is 0.266 e. The van der Waals surface area contributed by atoms with E-state index in [2.05, 4.69) is 20.9 Å². The van der Waals surface area contributed by atoms with Crippen molar-refractivity contribution >= 4 is 27.7 Å². The molecule has 1 aromatic carbocycles. The van der Waals surface area contributed by atoms with Crippen LogP contribution in [0.15, 0.2) is 41.0 Å².